The molecular formula is C18H24N4O3S. The molecular weight excluding hydrogens is 352 g/mol. The normalized spacial score (nSPS) is 19.5. The second kappa shape index (κ2) is 7.30. The number of aryl methyl sites for hydroxylation is 1. The number of carbonyl (C=O) groups is 1. The molecule has 0 aliphatic carbocycles. The topological polar surface area (TPSA) is 96.6 Å². The van der Waals surface area contributed by atoms with Crippen molar-refractivity contribution in [3.8, 4) is 0 Å². The lowest BCUT2D eigenvalue weighted by Gasteiger charge is -2.28. The lowest BCUT2D eigenvalue weighted by molar-refractivity contribution is -0.129. The summed E-state index contributed by atoms with van der Waals surface area (Å²) in [5.41, 5.74) is 6.39. The zero-order chi connectivity index (χ0) is 18.9. The van der Waals surface area contributed by atoms with Gasteiger partial charge in [-0.3, -0.25) is 4.79 Å². The van der Waals surface area contributed by atoms with Gasteiger partial charge in [0.05, 0.1) is 6.54 Å². The molecule has 26 heavy (non-hydrogen) atoms. The number of hydrogen-bond donors (Lipinski definition) is 1. The molecule has 0 spiro atoms. The molecule has 140 valence electrons. The summed E-state index contributed by atoms with van der Waals surface area (Å²) in [4.78, 5) is 17.8. The molecule has 1 amide bonds. The van der Waals surface area contributed by atoms with Crippen molar-refractivity contribution in [2.45, 2.75) is 31.3 Å². The van der Waals surface area contributed by atoms with Crippen LogP contribution in [-0.2, 0) is 14.8 Å². The Kier molecular flexibility index (Phi) is 5.27. The zero-order valence-electron chi connectivity index (χ0n) is 15.1. The highest BCUT2D eigenvalue weighted by atomic mass is 32.2. The zero-order valence-corrected chi connectivity index (χ0v) is 15.9. The first kappa shape index (κ1) is 18.8. The Bertz CT molecular complexity index is 929. The van der Waals surface area contributed by atoms with E-state index in [9.17, 15) is 13.2 Å². The van der Waals surface area contributed by atoms with Crippen molar-refractivity contribution in [1.82, 2.24) is 14.2 Å². The van der Waals surface area contributed by atoms with Gasteiger partial charge in [-0.25, -0.2) is 13.4 Å². The Balaban J connectivity index is 2.01. The fourth-order valence-electron chi connectivity index (χ4n) is 3.48. The fraction of sp³-hybridized carbons (Fsp3) is 0.444. The standard InChI is InChI=1S/C18H24N4O3S/c1-13-11-20-18(16-7-4-3-6-15(13)16)26(24,25)22-9-5-8-21(12-14(22)2)17(23)10-19/h3-4,6-7,11,14H,5,8-10,12,19H2,1-2H3/t14-/m0/s1. The van der Waals surface area contributed by atoms with Crippen LogP contribution in [0.25, 0.3) is 10.8 Å². The van der Waals surface area contributed by atoms with Gasteiger partial charge >= 0.3 is 0 Å². The number of sulfonamides is 1. The molecule has 1 aromatic heterocycles. The number of carbonyl (C=O) groups excluding carboxylic acids is 1. The van der Waals surface area contributed by atoms with Crippen LogP contribution in [0.2, 0.25) is 0 Å². The van der Waals surface area contributed by atoms with E-state index in [0.717, 1.165) is 10.9 Å². The summed E-state index contributed by atoms with van der Waals surface area (Å²) in [5.74, 6) is -0.157. The minimum Gasteiger partial charge on any atom is -0.340 e. The summed E-state index contributed by atoms with van der Waals surface area (Å²) in [6.45, 7) is 4.85. The van der Waals surface area contributed by atoms with Crippen LogP contribution in [0.3, 0.4) is 0 Å². The van der Waals surface area contributed by atoms with E-state index in [2.05, 4.69) is 4.98 Å². The van der Waals surface area contributed by atoms with Crippen LogP contribution in [0.5, 0.6) is 0 Å². The van der Waals surface area contributed by atoms with Gasteiger partial charge in [0.1, 0.15) is 0 Å². The van der Waals surface area contributed by atoms with Crippen molar-refractivity contribution >= 4 is 26.7 Å². The summed E-state index contributed by atoms with van der Waals surface area (Å²) in [6, 6.07) is 7.04. The van der Waals surface area contributed by atoms with Gasteiger partial charge in [0.2, 0.25) is 5.91 Å². The first-order valence-electron chi connectivity index (χ1n) is 8.70. The maximum absolute atomic E-state index is 13.4. The predicted molar refractivity (Wildman–Crippen MR) is 100 cm³/mol. The molecule has 1 atom stereocenters. The van der Waals surface area contributed by atoms with Gasteiger partial charge in [-0.05, 0) is 31.2 Å². The van der Waals surface area contributed by atoms with E-state index in [1.807, 2.05) is 32.0 Å². The molecule has 0 saturated carbocycles. The molecule has 1 aliphatic rings. The third-order valence-electron chi connectivity index (χ3n) is 4.82. The van der Waals surface area contributed by atoms with Crippen LogP contribution in [0, 0.1) is 6.92 Å². The highest BCUT2D eigenvalue weighted by molar-refractivity contribution is 7.89. The highest BCUT2D eigenvalue weighted by Gasteiger charge is 2.34. The number of rotatable bonds is 3. The Labute approximate surface area is 153 Å². The first-order valence-corrected chi connectivity index (χ1v) is 10.1. The van der Waals surface area contributed by atoms with Crippen LogP contribution in [-0.4, -0.2) is 60.7 Å². The highest BCUT2D eigenvalue weighted by Crippen LogP contribution is 2.28. The SMILES string of the molecule is Cc1cnc(S(=O)(=O)N2CCCN(C(=O)CN)C[C@@H]2C)c2ccccc12. The number of nitrogens with two attached hydrogens (primary N) is 1. The van der Waals surface area contributed by atoms with E-state index in [1.54, 1.807) is 17.2 Å². The van der Waals surface area contributed by atoms with Crippen molar-refractivity contribution in [1.29, 1.82) is 0 Å². The van der Waals surface area contributed by atoms with E-state index >= 15 is 0 Å². The summed E-state index contributed by atoms with van der Waals surface area (Å²) in [5, 5.41) is 1.58. The predicted octanol–water partition coefficient (Wildman–Crippen LogP) is 1.11. The Morgan fingerprint density at radius 2 is 1.96 bits per heavy atom. The third kappa shape index (κ3) is 3.32. The molecule has 0 bridgehead atoms. The number of pyridine rings is 1. The van der Waals surface area contributed by atoms with Gasteiger partial charge in [0, 0.05) is 37.3 Å². The van der Waals surface area contributed by atoms with E-state index in [1.165, 1.54) is 4.31 Å². The average molecular weight is 376 g/mol. The molecule has 2 heterocycles. The van der Waals surface area contributed by atoms with Gasteiger partial charge in [0.25, 0.3) is 10.0 Å². The largest absolute Gasteiger partial charge is 0.340 e. The molecule has 3 rings (SSSR count). The van der Waals surface area contributed by atoms with Crippen molar-refractivity contribution in [3.63, 3.8) is 0 Å². The number of amides is 1. The van der Waals surface area contributed by atoms with Crippen LogP contribution >= 0.6 is 0 Å². The second-order valence-electron chi connectivity index (χ2n) is 6.65. The Morgan fingerprint density at radius 3 is 2.65 bits per heavy atom. The molecule has 8 heteroatoms. The molecule has 0 radical (unpaired) electrons. The molecule has 2 N–H and O–H groups in total. The molecule has 1 aliphatic heterocycles. The minimum absolute atomic E-state index is 0.0658. The molecule has 1 saturated heterocycles. The first-order chi connectivity index (χ1) is 12.4. The average Bonchev–Trinajstić information content (AvgIpc) is 2.83. The molecule has 2 aromatic rings. The summed E-state index contributed by atoms with van der Waals surface area (Å²) in [6.07, 6.45) is 2.17. The van der Waals surface area contributed by atoms with Crippen molar-refractivity contribution in [2.75, 3.05) is 26.2 Å². The van der Waals surface area contributed by atoms with Gasteiger partial charge in [0.15, 0.2) is 5.03 Å². The van der Waals surface area contributed by atoms with Gasteiger partial charge in [-0.1, -0.05) is 24.3 Å². The van der Waals surface area contributed by atoms with Crippen LogP contribution in [0.15, 0.2) is 35.5 Å². The number of fused-ring (bicyclic) bond motifs is 1. The van der Waals surface area contributed by atoms with Gasteiger partial charge < -0.3 is 10.6 Å². The van der Waals surface area contributed by atoms with Gasteiger partial charge in [-0.15, -0.1) is 0 Å². The van der Waals surface area contributed by atoms with Crippen molar-refractivity contribution in [3.05, 3.63) is 36.0 Å². The molecule has 1 fully saturated rings. The van der Waals surface area contributed by atoms with Crippen LogP contribution < -0.4 is 5.73 Å². The van der Waals surface area contributed by atoms with Crippen molar-refractivity contribution in [2.24, 2.45) is 5.73 Å². The summed E-state index contributed by atoms with van der Waals surface area (Å²) >= 11 is 0. The lowest BCUT2D eigenvalue weighted by Crippen LogP contribution is -2.45. The molecule has 7 nitrogen and oxygen atoms in total. The van der Waals surface area contributed by atoms with Crippen LogP contribution in [0.1, 0.15) is 18.9 Å². The fourth-order valence-corrected chi connectivity index (χ4v) is 5.25. The summed E-state index contributed by atoms with van der Waals surface area (Å²) in [7, 11) is -3.78. The number of hydrogen-bond acceptors (Lipinski definition) is 5. The maximum Gasteiger partial charge on any atom is 0.261 e. The quantitative estimate of drug-likeness (QED) is 0.866. The minimum atomic E-state index is -3.78. The van der Waals surface area contributed by atoms with Gasteiger partial charge in [-0.2, -0.15) is 4.31 Å². The third-order valence-corrected chi connectivity index (χ3v) is 6.79. The van der Waals surface area contributed by atoms with E-state index in [-0.39, 0.29) is 23.5 Å². The van der Waals surface area contributed by atoms with E-state index in [4.69, 9.17) is 5.73 Å². The van der Waals surface area contributed by atoms with E-state index < -0.39 is 10.0 Å². The van der Waals surface area contributed by atoms with Crippen molar-refractivity contribution < 1.29 is 13.2 Å². The Hall–Kier alpha value is -2.03. The Morgan fingerprint density at radius 1 is 1.27 bits per heavy atom. The number of aromatic nitrogens is 1. The molecule has 1 aromatic carbocycles. The monoisotopic (exact) mass is 376 g/mol. The maximum atomic E-state index is 13.4. The van der Waals surface area contributed by atoms with Crippen LogP contribution in [0.4, 0.5) is 0 Å². The smallest absolute Gasteiger partial charge is 0.261 e. The lowest BCUT2D eigenvalue weighted by atomic mass is 10.1. The van der Waals surface area contributed by atoms with E-state index in [0.29, 0.717) is 31.4 Å². The second-order valence-corrected chi connectivity index (χ2v) is 8.46. The number of nitrogens with zero attached hydrogens (tertiary/aromatic N) is 3. The molecule has 0 unspecified atom stereocenters. The number of benzene rings is 1. The summed E-state index contributed by atoms with van der Waals surface area (Å²) < 4.78 is 28.2.